The zero-order valence-corrected chi connectivity index (χ0v) is 10.8. The van der Waals surface area contributed by atoms with Gasteiger partial charge in [-0.3, -0.25) is 4.98 Å². The first-order chi connectivity index (χ1) is 8.15. The van der Waals surface area contributed by atoms with Gasteiger partial charge in [0.05, 0.1) is 23.1 Å². The Morgan fingerprint density at radius 3 is 2.53 bits per heavy atom. The highest BCUT2D eigenvalue weighted by Crippen LogP contribution is 2.27. The minimum atomic E-state index is 0.269. The Labute approximate surface area is 113 Å². The summed E-state index contributed by atoms with van der Waals surface area (Å²) in [5, 5.41) is 1.37. The van der Waals surface area contributed by atoms with Crippen molar-refractivity contribution in [1.29, 1.82) is 0 Å². The van der Waals surface area contributed by atoms with Gasteiger partial charge in [0, 0.05) is 5.02 Å². The van der Waals surface area contributed by atoms with Gasteiger partial charge in [0.1, 0.15) is 17.5 Å². The molecule has 3 nitrogen and oxygen atoms in total. The average molecular weight is 290 g/mol. The minimum Gasteiger partial charge on any atom is -0.486 e. The molecule has 0 spiro atoms. The zero-order chi connectivity index (χ0) is 12.3. The van der Waals surface area contributed by atoms with Gasteiger partial charge in [0.25, 0.3) is 0 Å². The summed E-state index contributed by atoms with van der Waals surface area (Å²) in [7, 11) is 0. The van der Waals surface area contributed by atoms with E-state index in [1.54, 1.807) is 24.4 Å². The van der Waals surface area contributed by atoms with E-state index in [9.17, 15) is 0 Å². The van der Waals surface area contributed by atoms with E-state index < -0.39 is 0 Å². The second-order valence-corrected chi connectivity index (χ2v) is 4.42. The first-order valence-electron chi connectivity index (χ1n) is 4.69. The Hall–Kier alpha value is -1.03. The molecule has 88 valence electrons. The van der Waals surface area contributed by atoms with E-state index in [4.69, 9.17) is 39.5 Å². The Morgan fingerprint density at radius 1 is 1.06 bits per heavy atom. The molecule has 1 aromatic heterocycles. The molecule has 1 heterocycles. The molecule has 6 heteroatoms. The van der Waals surface area contributed by atoms with Crippen LogP contribution in [0, 0.1) is 0 Å². The third-order valence-corrected chi connectivity index (χ3v) is 2.67. The molecule has 0 fully saturated rings. The smallest absolute Gasteiger partial charge is 0.147 e. The van der Waals surface area contributed by atoms with Crippen LogP contribution in [0.3, 0.4) is 0 Å². The fraction of sp³-hybridized carbons (Fsp3) is 0.0909. The molecule has 0 bridgehead atoms. The predicted molar refractivity (Wildman–Crippen MR) is 67.8 cm³/mol. The fourth-order valence-electron chi connectivity index (χ4n) is 1.16. The van der Waals surface area contributed by atoms with Crippen LogP contribution in [0.4, 0.5) is 0 Å². The molecule has 17 heavy (non-hydrogen) atoms. The van der Waals surface area contributed by atoms with Crippen LogP contribution in [-0.4, -0.2) is 9.97 Å². The molecule has 0 atom stereocenters. The van der Waals surface area contributed by atoms with E-state index in [2.05, 4.69) is 9.97 Å². The number of halogens is 3. The third-order valence-electron chi connectivity index (χ3n) is 1.94. The maximum atomic E-state index is 5.95. The van der Waals surface area contributed by atoms with Crippen molar-refractivity contribution >= 4 is 34.8 Å². The summed E-state index contributed by atoms with van der Waals surface area (Å²) in [6, 6.07) is 5.02. The van der Waals surface area contributed by atoms with Crippen LogP contribution in [0.1, 0.15) is 5.69 Å². The summed E-state index contributed by atoms with van der Waals surface area (Å²) in [6.07, 6.45) is 3.01. The molecule has 2 aromatic rings. The maximum Gasteiger partial charge on any atom is 0.147 e. The Kier molecular flexibility index (Phi) is 4.05. The number of nitrogens with zero attached hydrogens (tertiary/aromatic N) is 2. The van der Waals surface area contributed by atoms with Crippen LogP contribution in [0.15, 0.2) is 30.6 Å². The van der Waals surface area contributed by atoms with E-state index in [1.165, 1.54) is 6.20 Å². The van der Waals surface area contributed by atoms with Gasteiger partial charge in [-0.15, -0.1) is 0 Å². The number of hydrogen-bond donors (Lipinski definition) is 0. The molecular weight excluding hydrogens is 282 g/mol. The van der Waals surface area contributed by atoms with Gasteiger partial charge in [-0.2, -0.15) is 0 Å². The van der Waals surface area contributed by atoms with Crippen molar-refractivity contribution < 1.29 is 4.74 Å². The van der Waals surface area contributed by atoms with Crippen LogP contribution in [0.5, 0.6) is 5.75 Å². The molecule has 0 amide bonds. The third kappa shape index (κ3) is 3.46. The second kappa shape index (κ2) is 5.54. The van der Waals surface area contributed by atoms with E-state index >= 15 is 0 Å². The van der Waals surface area contributed by atoms with E-state index in [0.29, 0.717) is 26.6 Å². The van der Waals surface area contributed by atoms with Crippen LogP contribution < -0.4 is 4.74 Å². The van der Waals surface area contributed by atoms with Crippen LogP contribution in [0.2, 0.25) is 15.2 Å². The average Bonchev–Trinajstić information content (AvgIpc) is 2.30. The van der Waals surface area contributed by atoms with Crippen molar-refractivity contribution in [2.24, 2.45) is 0 Å². The number of hydrogen-bond acceptors (Lipinski definition) is 3. The largest absolute Gasteiger partial charge is 0.486 e. The Bertz CT molecular complexity index is 517. The SMILES string of the molecule is Clc1ccc(OCc2cnc(Cl)cn2)c(Cl)c1. The number of ether oxygens (including phenoxy) is 1. The number of rotatable bonds is 3. The monoisotopic (exact) mass is 288 g/mol. The van der Waals surface area contributed by atoms with E-state index in [-0.39, 0.29) is 6.61 Å². The topological polar surface area (TPSA) is 35.0 Å². The van der Waals surface area contributed by atoms with Gasteiger partial charge in [0.2, 0.25) is 0 Å². The van der Waals surface area contributed by atoms with Crippen molar-refractivity contribution in [3.05, 3.63) is 51.5 Å². The molecule has 0 aliphatic carbocycles. The van der Waals surface area contributed by atoms with Gasteiger partial charge in [-0.1, -0.05) is 34.8 Å². The molecule has 0 unspecified atom stereocenters. The van der Waals surface area contributed by atoms with Crippen molar-refractivity contribution in [2.45, 2.75) is 6.61 Å². The highest BCUT2D eigenvalue weighted by molar-refractivity contribution is 6.35. The molecule has 1 aromatic carbocycles. The molecule has 0 aliphatic rings. The van der Waals surface area contributed by atoms with Crippen LogP contribution in [-0.2, 0) is 6.61 Å². The summed E-state index contributed by atoms with van der Waals surface area (Å²) < 4.78 is 5.48. The summed E-state index contributed by atoms with van der Waals surface area (Å²) in [4.78, 5) is 7.95. The lowest BCUT2D eigenvalue weighted by atomic mass is 10.3. The van der Waals surface area contributed by atoms with Crippen LogP contribution >= 0.6 is 34.8 Å². The number of aromatic nitrogens is 2. The van der Waals surface area contributed by atoms with Crippen LogP contribution in [0.25, 0.3) is 0 Å². The fourth-order valence-corrected chi connectivity index (χ4v) is 1.72. The first-order valence-corrected chi connectivity index (χ1v) is 5.83. The quantitative estimate of drug-likeness (QED) is 0.856. The molecule has 0 saturated carbocycles. The van der Waals surface area contributed by atoms with Crippen molar-refractivity contribution in [3.8, 4) is 5.75 Å². The van der Waals surface area contributed by atoms with Gasteiger partial charge in [-0.05, 0) is 18.2 Å². The first kappa shape index (κ1) is 12.4. The molecule has 0 saturated heterocycles. The lowest BCUT2D eigenvalue weighted by Gasteiger charge is -2.07. The highest BCUT2D eigenvalue weighted by atomic mass is 35.5. The van der Waals surface area contributed by atoms with Crippen molar-refractivity contribution in [3.63, 3.8) is 0 Å². The molecule has 0 aliphatic heterocycles. The normalized spacial score (nSPS) is 10.3. The summed E-state index contributed by atoms with van der Waals surface area (Å²) in [5.74, 6) is 0.549. The van der Waals surface area contributed by atoms with Gasteiger partial charge >= 0.3 is 0 Å². The molecular formula is C11H7Cl3N2O. The van der Waals surface area contributed by atoms with E-state index in [1.807, 2.05) is 0 Å². The summed E-state index contributed by atoms with van der Waals surface area (Å²) >= 11 is 17.4. The highest BCUT2D eigenvalue weighted by Gasteiger charge is 2.03. The summed E-state index contributed by atoms with van der Waals surface area (Å²) in [5.41, 5.74) is 0.667. The second-order valence-electron chi connectivity index (χ2n) is 3.19. The lowest BCUT2D eigenvalue weighted by Crippen LogP contribution is -1.99. The van der Waals surface area contributed by atoms with Gasteiger partial charge < -0.3 is 4.74 Å². The molecule has 0 radical (unpaired) electrons. The van der Waals surface area contributed by atoms with Crippen molar-refractivity contribution in [1.82, 2.24) is 9.97 Å². The standard InChI is InChI=1S/C11H7Cl3N2O/c12-7-1-2-10(9(13)3-7)17-6-8-4-16-11(14)5-15-8/h1-5H,6H2. The minimum absolute atomic E-state index is 0.269. The Morgan fingerprint density at radius 2 is 1.88 bits per heavy atom. The van der Waals surface area contributed by atoms with Gasteiger partial charge in [0.15, 0.2) is 0 Å². The lowest BCUT2D eigenvalue weighted by molar-refractivity contribution is 0.301. The molecule has 2 rings (SSSR count). The number of benzene rings is 1. The van der Waals surface area contributed by atoms with E-state index in [0.717, 1.165) is 0 Å². The predicted octanol–water partition coefficient (Wildman–Crippen LogP) is 4.02. The van der Waals surface area contributed by atoms with Crippen molar-refractivity contribution in [2.75, 3.05) is 0 Å². The zero-order valence-electron chi connectivity index (χ0n) is 8.53. The summed E-state index contributed by atoms with van der Waals surface area (Å²) in [6.45, 7) is 0.269. The molecule has 0 N–H and O–H groups in total. The van der Waals surface area contributed by atoms with Gasteiger partial charge in [-0.25, -0.2) is 4.98 Å². The maximum absolute atomic E-state index is 5.95. The Balaban J connectivity index is 2.04.